The Hall–Kier alpha value is -0.160. The minimum absolute atomic E-state index is 0.00324. The lowest BCUT2D eigenvalue weighted by atomic mass is 9.92. The van der Waals surface area contributed by atoms with Gasteiger partial charge in [0.1, 0.15) is 0 Å². The maximum absolute atomic E-state index is 9.73. The van der Waals surface area contributed by atoms with E-state index in [0.717, 1.165) is 0 Å². The Morgan fingerprint density at radius 2 is 1.80 bits per heavy atom. The van der Waals surface area contributed by atoms with Crippen molar-refractivity contribution in [3.63, 3.8) is 0 Å². The first kappa shape index (κ1) is 14.8. The van der Waals surface area contributed by atoms with Crippen LogP contribution in [0.5, 0.6) is 0 Å². The fraction of sp³-hybridized carbons (Fsp3) is 1.00. The molecular weight excluding hydrogens is 196 g/mol. The summed E-state index contributed by atoms with van der Waals surface area (Å²) in [6.45, 7) is 3.84. The van der Waals surface area contributed by atoms with Crippen molar-refractivity contribution in [1.29, 1.82) is 0 Å². The van der Waals surface area contributed by atoms with E-state index in [1.807, 2.05) is 13.8 Å². The molecule has 2 N–H and O–H groups in total. The van der Waals surface area contributed by atoms with Gasteiger partial charge < -0.3 is 19.7 Å². The van der Waals surface area contributed by atoms with Gasteiger partial charge in [-0.25, -0.2) is 0 Å². The molecule has 0 fully saturated rings. The summed E-state index contributed by atoms with van der Waals surface area (Å²) in [5.41, 5.74) is 0. The standard InChI is InChI=1S/C11H24O4/c1-5-10(13)11(15-4)9(7-12)6-8(2)14-3/h8-13H,5-7H2,1-4H3/t8?,9?,10-,11-/m1/s1. The van der Waals surface area contributed by atoms with Crippen LogP contribution in [0.3, 0.4) is 0 Å². The van der Waals surface area contributed by atoms with Crippen molar-refractivity contribution in [3.8, 4) is 0 Å². The molecule has 0 aromatic heterocycles. The van der Waals surface area contributed by atoms with Crippen molar-refractivity contribution in [3.05, 3.63) is 0 Å². The number of rotatable bonds is 8. The zero-order valence-electron chi connectivity index (χ0n) is 10.1. The average molecular weight is 220 g/mol. The van der Waals surface area contributed by atoms with Crippen LogP contribution in [0.15, 0.2) is 0 Å². The molecule has 0 aliphatic rings. The fourth-order valence-electron chi connectivity index (χ4n) is 1.73. The largest absolute Gasteiger partial charge is 0.396 e. The van der Waals surface area contributed by atoms with Gasteiger partial charge >= 0.3 is 0 Å². The van der Waals surface area contributed by atoms with E-state index < -0.39 is 6.10 Å². The summed E-state index contributed by atoms with van der Waals surface area (Å²) >= 11 is 0. The molecule has 4 nitrogen and oxygen atoms in total. The summed E-state index contributed by atoms with van der Waals surface area (Å²) in [5, 5.41) is 19.0. The molecule has 4 atom stereocenters. The van der Waals surface area contributed by atoms with E-state index >= 15 is 0 Å². The van der Waals surface area contributed by atoms with Crippen LogP contribution in [0.25, 0.3) is 0 Å². The molecular formula is C11H24O4. The van der Waals surface area contributed by atoms with E-state index in [9.17, 15) is 10.2 Å². The third-order valence-electron chi connectivity index (χ3n) is 2.81. The van der Waals surface area contributed by atoms with E-state index in [1.165, 1.54) is 0 Å². The Morgan fingerprint density at radius 3 is 2.13 bits per heavy atom. The zero-order valence-corrected chi connectivity index (χ0v) is 10.1. The first-order chi connectivity index (χ1) is 7.10. The van der Waals surface area contributed by atoms with Gasteiger partial charge in [-0.1, -0.05) is 6.92 Å². The minimum atomic E-state index is -0.531. The fourth-order valence-corrected chi connectivity index (χ4v) is 1.73. The summed E-state index contributed by atoms with van der Waals surface area (Å²) in [5.74, 6) is -0.0834. The van der Waals surface area contributed by atoms with Crippen LogP contribution in [0.1, 0.15) is 26.7 Å². The van der Waals surface area contributed by atoms with Crippen LogP contribution in [0, 0.1) is 5.92 Å². The van der Waals surface area contributed by atoms with Gasteiger partial charge in [0.05, 0.1) is 18.3 Å². The molecule has 0 aliphatic heterocycles. The smallest absolute Gasteiger partial charge is 0.0880 e. The lowest BCUT2D eigenvalue weighted by molar-refractivity contribution is -0.0716. The van der Waals surface area contributed by atoms with Gasteiger partial charge in [0.15, 0.2) is 0 Å². The summed E-state index contributed by atoms with van der Waals surface area (Å²) in [4.78, 5) is 0. The van der Waals surface area contributed by atoms with Gasteiger partial charge in [0.25, 0.3) is 0 Å². The highest BCUT2D eigenvalue weighted by Crippen LogP contribution is 2.19. The minimum Gasteiger partial charge on any atom is -0.396 e. The number of aliphatic hydroxyl groups is 2. The van der Waals surface area contributed by atoms with Crippen molar-refractivity contribution >= 4 is 0 Å². The number of methoxy groups -OCH3 is 2. The van der Waals surface area contributed by atoms with Crippen molar-refractivity contribution in [1.82, 2.24) is 0 Å². The lowest BCUT2D eigenvalue weighted by Crippen LogP contribution is -2.38. The predicted molar refractivity (Wildman–Crippen MR) is 58.8 cm³/mol. The first-order valence-corrected chi connectivity index (χ1v) is 5.45. The molecule has 0 spiro atoms. The maximum Gasteiger partial charge on any atom is 0.0880 e. The number of ether oxygens (including phenoxy) is 2. The van der Waals surface area contributed by atoms with Crippen LogP contribution in [-0.4, -0.2) is 49.4 Å². The van der Waals surface area contributed by atoms with Crippen molar-refractivity contribution in [2.45, 2.75) is 45.0 Å². The maximum atomic E-state index is 9.73. The molecule has 0 saturated carbocycles. The SMILES string of the molecule is CC[C@@H](O)[C@H](OC)C(CO)CC(C)OC. The van der Waals surface area contributed by atoms with Crippen LogP contribution < -0.4 is 0 Å². The molecule has 0 saturated heterocycles. The van der Waals surface area contributed by atoms with Crippen LogP contribution in [0.4, 0.5) is 0 Å². The molecule has 4 heteroatoms. The first-order valence-electron chi connectivity index (χ1n) is 5.45. The number of aliphatic hydroxyl groups excluding tert-OH is 2. The highest BCUT2D eigenvalue weighted by molar-refractivity contribution is 4.78. The van der Waals surface area contributed by atoms with Crippen molar-refractivity contribution in [2.75, 3.05) is 20.8 Å². The average Bonchev–Trinajstić information content (AvgIpc) is 2.27. The topological polar surface area (TPSA) is 58.9 Å². The molecule has 15 heavy (non-hydrogen) atoms. The molecule has 2 unspecified atom stereocenters. The second-order valence-corrected chi connectivity index (χ2v) is 3.90. The second-order valence-electron chi connectivity index (χ2n) is 3.90. The van der Waals surface area contributed by atoms with E-state index in [4.69, 9.17) is 9.47 Å². The van der Waals surface area contributed by atoms with E-state index in [-0.39, 0.29) is 24.7 Å². The molecule has 0 aromatic rings. The Kier molecular flexibility index (Phi) is 7.96. The Morgan fingerprint density at radius 1 is 1.20 bits per heavy atom. The van der Waals surface area contributed by atoms with E-state index in [0.29, 0.717) is 12.8 Å². The molecule has 0 amide bonds. The van der Waals surface area contributed by atoms with Crippen LogP contribution in [-0.2, 0) is 9.47 Å². The molecule has 0 radical (unpaired) electrons. The van der Waals surface area contributed by atoms with E-state index in [1.54, 1.807) is 14.2 Å². The molecule has 92 valence electrons. The summed E-state index contributed by atoms with van der Waals surface area (Å²) in [6.07, 6.45) is 0.511. The van der Waals surface area contributed by atoms with Gasteiger partial charge in [0.2, 0.25) is 0 Å². The third-order valence-corrected chi connectivity index (χ3v) is 2.81. The molecule has 0 aromatic carbocycles. The monoisotopic (exact) mass is 220 g/mol. The van der Waals surface area contributed by atoms with Gasteiger partial charge in [0, 0.05) is 26.7 Å². The zero-order chi connectivity index (χ0) is 11.8. The third kappa shape index (κ3) is 4.93. The summed E-state index contributed by atoms with van der Waals surface area (Å²) in [7, 11) is 3.20. The van der Waals surface area contributed by atoms with Gasteiger partial charge in [-0.3, -0.25) is 0 Å². The second kappa shape index (κ2) is 8.05. The Labute approximate surface area is 92.2 Å². The Balaban J connectivity index is 4.32. The van der Waals surface area contributed by atoms with Crippen molar-refractivity contribution < 1.29 is 19.7 Å². The Bertz CT molecular complexity index is 152. The normalized spacial score (nSPS) is 19.6. The highest BCUT2D eigenvalue weighted by atomic mass is 16.5. The lowest BCUT2D eigenvalue weighted by Gasteiger charge is -2.29. The van der Waals surface area contributed by atoms with Gasteiger partial charge in [-0.2, -0.15) is 0 Å². The summed E-state index contributed by atoms with van der Waals surface area (Å²) < 4.78 is 10.4. The summed E-state index contributed by atoms with van der Waals surface area (Å²) in [6, 6.07) is 0. The van der Waals surface area contributed by atoms with Crippen molar-refractivity contribution in [2.24, 2.45) is 5.92 Å². The van der Waals surface area contributed by atoms with Gasteiger partial charge in [-0.05, 0) is 19.8 Å². The van der Waals surface area contributed by atoms with E-state index in [2.05, 4.69) is 0 Å². The van der Waals surface area contributed by atoms with Crippen LogP contribution in [0.2, 0.25) is 0 Å². The quantitative estimate of drug-likeness (QED) is 0.635. The molecule has 0 aliphatic carbocycles. The van der Waals surface area contributed by atoms with Crippen LogP contribution >= 0.6 is 0 Å². The highest BCUT2D eigenvalue weighted by Gasteiger charge is 2.28. The van der Waals surface area contributed by atoms with Gasteiger partial charge in [-0.15, -0.1) is 0 Å². The number of hydrogen-bond acceptors (Lipinski definition) is 4. The number of hydrogen-bond donors (Lipinski definition) is 2. The molecule has 0 rings (SSSR count). The molecule has 0 heterocycles. The molecule has 0 bridgehead atoms. The predicted octanol–water partition coefficient (Wildman–Crippen LogP) is 0.806.